The van der Waals surface area contributed by atoms with Crippen molar-refractivity contribution in [2.45, 2.75) is 57.7 Å². The third kappa shape index (κ3) is 4.73. The number of nitrogens with one attached hydrogen (secondary N) is 2. The van der Waals surface area contributed by atoms with Gasteiger partial charge in [-0.2, -0.15) is 0 Å². The van der Waals surface area contributed by atoms with Crippen molar-refractivity contribution in [1.82, 2.24) is 10.2 Å². The number of hydrogen-bond acceptors (Lipinski definition) is 4. The Kier molecular flexibility index (Phi) is 5.69. The second-order valence-electron chi connectivity index (χ2n) is 8.86. The molecule has 0 unspecified atom stereocenters. The van der Waals surface area contributed by atoms with Crippen LogP contribution in [0.1, 0.15) is 38.7 Å². The van der Waals surface area contributed by atoms with Crippen LogP contribution in [0.15, 0.2) is 24.3 Å². The first kappa shape index (κ1) is 19.4. The first-order chi connectivity index (χ1) is 13.5. The van der Waals surface area contributed by atoms with E-state index in [0.29, 0.717) is 24.5 Å². The smallest absolute Gasteiger partial charge is 0.227 e. The maximum absolute atomic E-state index is 12.5. The van der Waals surface area contributed by atoms with E-state index in [4.69, 9.17) is 4.74 Å². The summed E-state index contributed by atoms with van der Waals surface area (Å²) >= 11 is 0. The molecule has 1 aromatic rings. The van der Waals surface area contributed by atoms with E-state index < -0.39 is 0 Å². The van der Waals surface area contributed by atoms with Gasteiger partial charge in [-0.05, 0) is 42.9 Å². The zero-order valence-corrected chi connectivity index (χ0v) is 16.8. The largest absolute Gasteiger partial charge is 0.375 e. The minimum atomic E-state index is 0.0564. The number of amides is 2. The molecule has 3 aliphatic rings. The van der Waals surface area contributed by atoms with Crippen LogP contribution in [0.4, 0.5) is 5.69 Å². The molecule has 2 N–H and O–H groups in total. The van der Waals surface area contributed by atoms with Gasteiger partial charge in [0.25, 0.3) is 0 Å². The first-order valence-electron chi connectivity index (χ1n) is 10.5. The van der Waals surface area contributed by atoms with Crippen LogP contribution >= 0.6 is 0 Å². The van der Waals surface area contributed by atoms with E-state index in [1.54, 1.807) is 0 Å². The average molecular weight is 386 g/mol. The van der Waals surface area contributed by atoms with Crippen molar-refractivity contribution < 1.29 is 14.3 Å². The summed E-state index contributed by atoms with van der Waals surface area (Å²) in [5, 5.41) is 6.12. The highest BCUT2D eigenvalue weighted by molar-refractivity contribution is 5.94. The summed E-state index contributed by atoms with van der Waals surface area (Å²) in [7, 11) is 0. The minimum Gasteiger partial charge on any atom is -0.375 e. The van der Waals surface area contributed by atoms with Crippen molar-refractivity contribution >= 4 is 17.5 Å². The van der Waals surface area contributed by atoms with Gasteiger partial charge in [0.05, 0.1) is 19.1 Å². The van der Waals surface area contributed by atoms with Gasteiger partial charge in [-0.25, -0.2) is 0 Å². The number of hydrogen-bond donors (Lipinski definition) is 2. The molecule has 4 rings (SSSR count). The molecule has 1 saturated carbocycles. The maximum Gasteiger partial charge on any atom is 0.227 e. The molecular formula is C22H31N3O3. The molecule has 2 aliphatic heterocycles. The van der Waals surface area contributed by atoms with E-state index in [1.807, 2.05) is 24.3 Å². The van der Waals surface area contributed by atoms with E-state index in [9.17, 15) is 9.59 Å². The molecule has 3 atom stereocenters. The van der Waals surface area contributed by atoms with Crippen LogP contribution in [-0.4, -0.2) is 54.6 Å². The van der Waals surface area contributed by atoms with Gasteiger partial charge in [-0.1, -0.05) is 26.0 Å². The molecular weight excluding hydrogens is 354 g/mol. The fourth-order valence-electron chi connectivity index (χ4n) is 4.17. The summed E-state index contributed by atoms with van der Waals surface area (Å²) in [5.74, 6) is 0.872. The number of carbonyl (C=O) groups is 2. The van der Waals surface area contributed by atoms with E-state index in [2.05, 4.69) is 29.4 Å². The van der Waals surface area contributed by atoms with Gasteiger partial charge in [-0.3, -0.25) is 14.5 Å². The summed E-state index contributed by atoms with van der Waals surface area (Å²) < 4.78 is 5.98. The molecule has 6 heteroatoms. The van der Waals surface area contributed by atoms with Crippen LogP contribution < -0.4 is 10.6 Å². The molecule has 3 fully saturated rings. The first-order valence-corrected chi connectivity index (χ1v) is 10.5. The van der Waals surface area contributed by atoms with Crippen LogP contribution in [-0.2, 0) is 20.7 Å². The predicted octanol–water partition coefficient (Wildman–Crippen LogP) is 2.19. The van der Waals surface area contributed by atoms with Gasteiger partial charge in [0.15, 0.2) is 0 Å². The van der Waals surface area contributed by atoms with E-state index in [1.165, 1.54) is 0 Å². The molecule has 0 aromatic heterocycles. The molecule has 0 spiro atoms. The van der Waals surface area contributed by atoms with E-state index in [-0.39, 0.29) is 23.8 Å². The van der Waals surface area contributed by atoms with E-state index >= 15 is 0 Å². The van der Waals surface area contributed by atoms with Gasteiger partial charge < -0.3 is 15.4 Å². The monoisotopic (exact) mass is 385 g/mol. The highest BCUT2D eigenvalue weighted by Gasteiger charge is 2.38. The number of benzene rings is 1. The Balaban J connectivity index is 1.24. The lowest BCUT2D eigenvalue weighted by Crippen LogP contribution is -2.48. The molecule has 6 nitrogen and oxygen atoms in total. The Bertz CT molecular complexity index is 714. The van der Waals surface area contributed by atoms with Crippen molar-refractivity contribution in [1.29, 1.82) is 0 Å². The van der Waals surface area contributed by atoms with Crippen LogP contribution in [0.25, 0.3) is 0 Å². The molecule has 2 amide bonds. The molecule has 0 bridgehead atoms. The van der Waals surface area contributed by atoms with Crippen molar-refractivity contribution in [3.8, 4) is 0 Å². The van der Waals surface area contributed by atoms with Crippen LogP contribution in [0.3, 0.4) is 0 Å². The summed E-state index contributed by atoms with van der Waals surface area (Å²) in [6.07, 6.45) is 3.61. The fourth-order valence-corrected chi connectivity index (χ4v) is 4.17. The van der Waals surface area contributed by atoms with E-state index in [0.717, 1.165) is 50.2 Å². The summed E-state index contributed by atoms with van der Waals surface area (Å²) in [5.41, 5.74) is 1.76. The quantitative estimate of drug-likeness (QED) is 0.788. The molecule has 2 saturated heterocycles. The van der Waals surface area contributed by atoms with Crippen LogP contribution in [0, 0.1) is 11.8 Å². The number of rotatable bonds is 6. The zero-order chi connectivity index (χ0) is 19.7. The second kappa shape index (κ2) is 8.21. The predicted molar refractivity (Wildman–Crippen MR) is 108 cm³/mol. The SMILES string of the molecule is CC(C)[C@@H]1CN2C[C@@H](NC(=O)Cc3ccc(NC(=O)C4CC4)cc3)C[C@H]2CO1. The summed E-state index contributed by atoms with van der Waals surface area (Å²) in [6.45, 7) is 7.03. The Morgan fingerprint density at radius 3 is 2.61 bits per heavy atom. The number of morpholine rings is 1. The summed E-state index contributed by atoms with van der Waals surface area (Å²) in [6, 6.07) is 8.21. The Hall–Kier alpha value is -1.92. The topological polar surface area (TPSA) is 70.7 Å². The lowest BCUT2D eigenvalue weighted by atomic mass is 10.0. The molecule has 0 radical (unpaired) electrons. The Labute approximate surface area is 167 Å². The third-order valence-electron chi connectivity index (χ3n) is 6.09. The minimum absolute atomic E-state index is 0.0564. The van der Waals surface area contributed by atoms with Crippen molar-refractivity contribution in [2.75, 3.05) is 25.0 Å². The molecule has 1 aromatic carbocycles. The van der Waals surface area contributed by atoms with Gasteiger partial charge in [-0.15, -0.1) is 0 Å². The van der Waals surface area contributed by atoms with Crippen molar-refractivity contribution in [3.05, 3.63) is 29.8 Å². The van der Waals surface area contributed by atoms with Gasteiger partial charge >= 0.3 is 0 Å². The average Bonchev–Trinajstić information content (AvgIpc) is 3.43. The van der Waals surface area contributed by atoms with Crippen LogP contribution in [0.2, 0.25) is 0 Å². The standard InChI is InChI=1S/C22H31N3O3/c1-14(2)20-12-25-11-18(10-19(25)13-28-20)23-21(26)9-15-3-7-17(8-4-15)24-22(27)16-5-6-16/h3-4,7-8,14,16,18-20H,5-6,9-13H2,1-2H3,(H,23,26)(H,24,27)/t18-,19-,20-/m0/s1. The van der Waals surface area contributed by atoms with Gasteiger partial charge in [0.2, 0.25) is 11.8 Å². The number of nitrogens with zero attached hydrogens (tertiary/aromatic N) is 1. The zero-order valence-electron chi connectivity index (χ0n) is 16.8. The highest BCUT2D eigenvalue weighted by Crippen LogP contribution is 2.30. The molecule has 2 heterocycles. The Morgan fingerprint density at radius 2 is 1.93 bits per heavy atom. The normalized spacial score (nSPS) is 27.5. The number of anilines is 1. The lowest BCUT2D eigenvalue weighted by molar-refractivity contribution is -0.121. The lowest BCUT2D eigenvalue weighted by Gasteiger charge is -2.36. The third-order valence-corrected chi connectivity index (χ3v) is 6.09. The molecule has 28 heavy (non-hydrogen) atoms. The molecule has 1 aliphatic carbocycles. The van der Waals surface area contributed by atoms with Crippen molar-refractivity contribution in [2.24, 2.45) is 11.8 Å². The Morgan fingerprint density at radius 1 is 1.18 bits per heavy atom. The van der Waals surface area contributed by atoms with Gasteiger partial charge in [0.1, 0.15) is 0 Å². The van der Waals surface area contributed by atoms with Gasteiger partial charge in [0, 0.05) is 36.8 Å². The fraction of sp³-hybridized carbons (Fsp3) is 0.636. The maximum atomic E-state index is 12.5. The van der Waals surface area contributed by atoms with Crippen LogP contribution in [0.5, 0.6) is 0 Å². The van der Waals surface area contributed by atoms with Crippen molar-refractivity contribution in [3.63, 3.8) is 0 Å². The number of carbonyl (C=O) groups excluding carboxylic acids is 2. The molecule has 152 valence electrons. The number of fused-ring (bicyclic) bond motifs is 1. The highest BCUT2D eigenvalue weighted by atomic mass is 16.5. The second-order valence-corrected chi connectivity index (χ2v) is 8.86. The number of ether oxygens (including phenoxy) is 1. The summed E-state index contributed by atoms with van der Waals surface area (Å²) in [4.78, 5) is 26.8.